The standard InChI is InChI=1S/C16H16Cl2N2O3/c1-7-10-5-19-16-9(4-11(23-3)14(17)15(16)18)13(10)8(2)20(7)12(22)6-21/h4-5,7-8,21H,6H2,1-3H3/t7-,8-/m0/s1. The SMILES string of the molecule is COc1cc2c3c(cnc2c(Cl)c1Cl)[C@H](C)N(C(=O)CO)[C@H]3C. The van der Waals surface area contributed by atoms with Crippen LogP contribution >= 0.6 is 23.2 Å². The normalized spacial score (nSPS) is 20.0. The van der Waals surface area contributed by atoms with Crippen molar-refractivity contribution in [1.29, 1.82) is 0 Å². The van der Waals surface area contributed by atoms with Gasteiger partial charge in [-0.1, -0.05) is 23.2 Å². The van der Waals surface area contributed by atoms with E-state index in [1.54, 1.807) is 17.2 Å². The Morgan fingerprint density at radius 3 is 2.65 bits per heavy atom. The second kappa shape index (κ2) is 5.82. The third-order valence-electron chi connectivity index (χ3n) is 4.43. The number of nitrogens with zero attached hydrogens (tertiary/aromatic N) is 2. The van der Waals surface area contributed by atoms with E-state index in [0.717, 1.165) is 16.5 Å². The Kier molecular flexibility index (Phi) is 4.12. The summed E-state index contributed by atoms with van der Waals surface area (Å²) in [5, 5.41) is 10.7. The fourth-order valence-corrected chi connectivity index (χ4v) is 3.83. The van der Waals surface area contributed by atoms with Crippen LogP contribution in [0.4, 0.5) is 0 Å². The number of hydrogen-bond acceptors (Lipinski definition) is 4. The molecule has 23 heavy (non-hydrogen) atoms. The molecule has 5 nitrogen and oxygen atoms in total. The first-order valence-electron chi connectivity index (χ1n) is 7.18. The number of amides is 1. The number of methoxy groups -OCH3 is 1. The number of fused-ring (bicyclic) bond motifs is 3. The van der Waals surface area contributed by atoms with Crippen LogP contribution in [-0.4, -0.2) is 34.6 Å². The van der Waals surface area contributed by atoms with Crippen LogP contribution in [0.15, 0.2) is 12.3 Å². The molecule has 122 valence electrons. The number of aromatic nitrogens is 1. The van der Waals surface area contributed by atoms with Gasteiger partial charge < -0.3 is 14.7 Å². The minimum atomic E-state index is -0.524. The first-order valence-corrected chi connectivity index (χ1v) is 7.94. The number of hydrogen-bond donors (Lipinski definition) is 1. The molecule has 0 bridgehead atoms. The summed E-state index contributed by atoms with van der Waals surface area (Å²) in [4.78, 5) is 18.1. The van der Waals surface area contributed by atoms with Gasteiger partial charge in [0.1, 0.15) is 17.4 Å². The van der Waals surface area contributed by atoms with Crippen molar-refractivity contribution >= 4 is 40.0 Å². The average Bonchev–Trinajstić information content (AvgIpc) is 2.81. The smallest absolute Gasteiger partial charge is 0.249 e. The molecule has 1 N–H and O–H groups in total. The van der Waals surface area contributed by atoms with E-state index in [2.05, 4.69) is 4.98 Å². The highest BCUT2D eigenvalue weighted by molar-refractivity contribution is 6.46. The minimum absolute atomic E-state index is 0.169. The molecular weight excluding hydrogens is 339 g/mol. The predicted octanol–water partition coefficient (Wildman–Crippen LogP) is 3.51. The number of halogens is 2. The molecule has 2 heterocycles. The largest absolute Gasteiger partial charge is 0.495 e. The number of benzene rings is 1. The summed E-state index contributed by atoms with van der Waals surface area (Å²) in [5.74, 6) is 0.146. The maximum Gasteiger partial charge on any atom is 0.249 e. The first kappa shape index (κ1) is 16.3. The van der Waals surface area contributed by atoms with E-state index in [1.165, 1.54) is 7.11 Å². The Morgan fingerprint density at radius 2 is 2.04 bits per heavy atom. The predicted molar refractivity (Wildman–Crippen MR) is 89.1 cm³/mol. The van der Waals surface area contributed by atoms with Crippen molar-refractivity contribution in [3.05, 3.63) is 33.4 Å². The molecule has 2 aromatic rings. The van der Waals surface area contributed by atoms with E-state index in [9.17, 15) is 9.90 Å². The highest BCUT2D eigenvalue weighted by Gasteiger charge is 2.38. The minimum Gasteiger partial charge on any atom is -0.495 e. The molecule has 7 heteroatoms. The third-order valence-corrected chi connectivity index (χ3v) is 5.27. The van der Waals surface area contributed by atoms with Gasteiger partial charge in [-0.15, -0.1) is 0 Å². The molecule has 3 rings (SSSR count). The maximum absolute atomic E-state index is 12.1. The molecule has 0 saturated heterocycles. The second-order valence-electron chi connectivity index (χ2n) is 5.54. The Labute approximate surface area is 143 Å². The molecule has 0 spiro atoms. The van der Waals surface area contributed by atoms with Crippen LogP contribution in [0.25, 0.3) is 10.9 Å². The van der Waals surface area contributed by atoms with Gasteiger partial charge in [-0.3, -0.25) is 9.78 Å². The molecule has 0 radical (unpaired) electrons. The van der Waals surface area contributed by atoms with Crippen molar-refractivity contribution in [2.75, 3.05) is 13.7 Å². The fourth-order valence-electron chi connectivity index (χ4n) is 3.37. The second-order valence-corrected chi connectivity index (χ2v) is 6.30. The lowest BCUT2D eigenvalue weighted by atomic mass is 9.99. The summed E-state index contributed by atoms with van der Waals surface area (Å²) in [6, 6.07) is 1.43. The van der Waals surface area contributed by atoms with Crippen molar-refractivity contribution in [2.24, 2.45) is 0 Å². The van der Waals surface area contributed by atoms with Gasteiger partial charge >= 0.3 is 0 Å². The van der Waals surface area contributed by atoms with E-state index in [4.69, 9.17) is 27.9 Å². The zero-order chi connectivity index (χ0) is 16.9. The van der Waals surface area contributed by atoms with Gasteiger partial charge in [0.15, 0.2) is 0 Å². The molecular formula is C16H16Cl2N2O3. The average molecular weight is 355 g/mol. The van der Waals surface area contributed by atoms with E-state index >= 15 is 0 Å². The van der Waals surface area contributed by atoms with Gasteiger partial charge in [-0.2, -0.15) is 0 Å². The number of carbonyl (C=O) groups excluding carboxylic acids is 1. The molecule has 0 unspecified atom stereocenters. The summed E-state index contributed by atoms with van der Waals surface area (Å²) >= 11 is 12.5. The zero-order valence-corrected chi connectivity index (χ0v) is 14.4. The highest BCUT2D eigenvalue weighted by Crippen LogP contribution is 2.47. The molecule has 0 fully saturated rings. The maximum atomic E-state index is 12.1. The zero-order valence-electron chi connectivity index (χ0n) is 12.9. The quantitative estimate of drug-likeness (QED) is 0.896. The lowest BCUT2D eigenvalue weighted by molar-refractivity contribution is -0.137. The summed E-state index contributed by atoms with van der Waals surface area (Å²) in [6.45, 7) is 3.31. The Bertz CT molecular complexity index is 810. The van der Waals surface area contributed by atoms with Crippen LogP contribution in [0.5, 0.6) is 5.75 Å². The van der Waals surface area contributed by atoms with Crippen molar-refractivity contribution in [3.63, 3.8) is 0 Å². The van der Waals surface area contributed by atoms with Gasteiger partial charge in [-0.05, 0) is 31.0 Å². The number of rotatable bonds is 2. The molecule has 1 aliphatic heterocycles. The molecule has 0 saturated carbocycles. The van der Waals surface area contributed by atoms with Crippen LogP contribution in [0.3, 0.4) is 0 Å². The lowest BCUT2D eigenvalue weighted by Crippen LogP contribution is -2.32. The number of pyridine rings is 1. The van der Waals surface area contributed by atoms with Gasteiger partial charge in [0.25, 0.3) is 0 Å². The van der Waals surface area contributed by atoms with Crippen molar-refractivity contribution in [3.8, 4) is 5.75 Å². The van der Waals surface area contributed by atoms with Crippen molar-refractivity contribution in [1.82, 2.24) is 9.88 Å². The van der Waals surface area contributed by atoms with E-state index in [0.29, 0.717) is 21.3 Å². The van der Waals surface area contributed by atoms with Gasteiger partial charge in [-0.25, -0.2) is 0 Å². The molecule has 2 atom stereocenters. The van der Waals surface area contributed by atoms with Crippen LogP contribution in [0, 0.1) is 0 Å². The summed E-state index contributed by atoms with van der Waals surface area (Å²) in [6.07, 6.45) is 1.72. The van der Waals surface area contributed by atoms with Gasteiger partial charge in [0.05, 0.1) is 29.7 Å². The third kappa shape index (κ3) is 2.26. The molecule has 0 aliphatic carbocycles. The Morgan fingerprint density at radius 1 is 1.35 bits per heavy atom. The molecule has 1 aromatic heterocycles. The van der Waals surface area contributed by atoms with Crippen molar-refractivity contribution < 1.29 is 14.6 Å². The summed E-state index contributed by atoms with van der Waals surface area (Å²) < 4.78 is 5.29. The monoisotopic (exact) mass is 354 g/mol. The summed E-state index contributed by atoms with van der Waals surface area (Å²) in [7, 11) is 1.52. The summed E-state index contributed by atoms with van der Waals surface area (Å²) in [5.41, 5.74) is 2.47. The first-order chi connectivity index (χ1) is 10.9. The number of aliphatic hydroxyl groups excluding tert-OH is 1. The van der Waals surface area contributed by atoms with E-state index in [-0.39, 0.29) is 18.0 Å². The van der Waals surface area contributed by atoms with Gasteiger partial charge in [0, 0.05) is 11.6 Å². The van der Waals surface area contributed by atoms with E-state index < -0.39 is 6.61 Å². The van der Waals surface area contributed by atoms with Gasteiger partial charge in [0.2, 0.25) is 5.91 Å². The van der Waals surface area contributed by atoms with Crippen LogP contribution in [0.2, 0.25) is 10.0 Å². The molecule has 1 amide bonds. The van der Waals surface area contributed by atoms with E-state index in [1.807, 2.05) is 13.8 Å². The topological polar surface area (TPSA) is 62.7 Å². The van der Waals surface area contributed by atoms with Crippen molar-refractivity contribution in [2.45, 2.75) is 25.9 Å². The fraction of sp³-hybridized carbons (Fsp3) is 0.375. The van der Waals surface area contributed by atoms with Crippen LogP contribution in [0.1, 0.15) is 37.1 Å². The van der Waals surface area contributed by atoms with Crippen LogP contribution in [-0.2, 0) is 4.79 Å². The number of aliphatic hydroxyl groups is 1. The molecule has 1 aromatic carbocycles. The lowest BCUT2D eigenvalue weighted by Gasteiger charge is -2.25. The Balaban J connectivity index is 2.30. The number of carbonyl (C=O) groups is 1. The van der Waals surface area contributed by atoms with Crippen LogP contribution < -0.4 is 4.74 Å². The number of ether oxygens (including phenoxy) is 1. The Hall–Kier alpha value is -1.56. The molecule has 1 aliphatic rings. The highest BCUT2D eigenvalue weighted by atomic mass is 35.5.